The Morgan fingerprint density at radius 1 is 0.905 bits per heavy atom. The predicted octanol–water partition coefficient (Wildman–Crippen LogP) is 4.91. The molecule has 0 aliphatic heterocycles. The Morgan fingerprint density at radius 2 is 1.52 bits per heavy atom. The molecule has 0 atom stereocenters. The summed E-state index contributed by atoms with van der Waals surface area (Å²) in [6.45, 7) is 7.43. The van der Waals surface area contributed by atoms with E-state index in [0.29, 0.717) is 0 Å². The third-order valence-corrected chi connectivity index (χ3v) is 4.09. The lowest BCUT2D eigenvalue weighted by molar-refractivity contribution is 0.522. The van der Waals surface area contributed by atoms with Crippen LogP contribution in [-0.2, 0) is 13.1 Å². The van der Waals surface area contributed by atoms with E-state index >= 15 is 0 Å². The van der Waals surface area contributed by atoms with Crippen LogP contribution in [0.15, 0.2) is 12.4 Å². The lowest BCUT2D eigenvalue weighted by Gasteiger charge is -2.08. The summed E-state index contributed by atoms with van der Waals surface area (Å²) in [5.41, 5.74) is 0. The van der Waals surface area contributed by atoms with Gasteiger partial charge in [0.15, 0.2) is 0 Å². The van der Waals surface area contributed by atoms with E-state index in [-0.39, 0.29) is 0 Å². The molecule has 0 radical (unpaired) electrons. The van der Waals surface area contributed by atoms with Gasteiger partial charge in [0, 0.05) is 18.9 Å². The van der Waals surface area contributed by atoms with Gasteiger partial charge in [-0.3, -0.25) is 0 Å². The van der Waals surface area contributed by atoms with Gasteiger partial charge in [0.05, 0.1) is 6.54 Å². The van der Waals surface area contributed by atoms with Crippen molar-refractivity contribution in [3.63, 3.8) is 0 Å². The first-order chi connectivity index (χ1) is 10.4. The van der Waals surface area contributed by atoms with Gasteiger partial charge in [-0.15, -0.1) is 0 Å². The molecule has 1 N–H and O–H groups in total. The van der Waals surface area contributed by atoms with Crippen LogP contribution in [-0.4, -0.2) is 16.1 Å². The number of aromatic nitrogens is 2. The number of nitrogens with one attached hydrogen (secondary N) is 1. The number of hydrogen-bond acceptors (Lipinski definition) is 2. The van der Waals surface area contributed by atoms with Crippen LogP contribution in [0.4, 0.5) is 0 Å². The number of unbranched alkanes of at least 4 members (excludes halogenated alkanes) is 9. The van der Waals surface area contributed by atoms with Crippen molar-refractivity contribution < 1.29 is 0 Å². The van der Waals surface area contributed by atoms with E-state index < -0.39 is 0 Å². The molecule has 3 nitrogen and oxygen atoms in total. The minimum absolute atomic E-state index is 0.890. The summed E-state index contributed by atoms with van der Waals surface area (Å²) in [6.07, 6.45) is 18.0. The SMILES string of the molecule is CCCCCCCCCCCCn1ccnc1CNCC. The van der Waals surface area contributed by atoms with Gasteiger partial charge in [0.1, 0.15) is 5.82 Å². The molecule has 0 aromatic carbocycles. The molecular weight excluding hydrogens is 258 g/mol. The Kier molecular flexibility index (Phi) is 11.2. The number of imidazole rings is 1. The Balaban J connectivity index is 1.95. The minimum Gasteiger partial charge on any atom is -0.334 e. The number of aryl methyl sites for hydroxylation is 1. The molecule has 21 heavy (non-hydrogen) atoms. The molecule has 1 heterocycles. The summed E-state index contributed by atoms with van der Waals surface area (Å²) >= 11 is 0. The molecule has 0 spiro atoms. The first kappa shape index (κ1) is 18.2. The normalized spacial score (nSPS) is 11.1. The van der Waals surface area contributed by atoms with Gasteiger partial charge >= 0.3 is 0 Å². The highest BCUT2D eigenvalue weighted by Crippen LogP contribution is 2.11. The smallest absolute Gasteiger partial charge is 0.122 e. The standard InChI is InChI=1S/C18H35N3/c1-3-5-6-7-8-9-10-11-12-13-15-21-16-14-20-18(21)17-19-4-2/h14,16,19H,3-13,15,17H2,1-2H3. The zero-order valence-corrected chi connectivity index (χ0v) is 14.2. The summed E-state index contributed by atoms with van der Waals surface area (Å²) in [6, 6.07) is 0. The van der Waals surface area contributed by atoms with Crippen molar-refractivity contribution >= 4 is 0 Å². The summed E-state index contributed by atoms with van der Waals surface area (Å²) in [5, 5.41) is 3.35. The maximum Gasteiger partial charge on any atom is 0.122 e. The van der Waals surface area contributed by atoms with E-state index in [2.05, 4.69) is 34.9 Å². The Morgan fingerprint density at radius 3 is 2.14 bits per heavy atom. The van der Waals surface area contributed by atoms with Gasteiger partial charge in [-0.1, -0.05) is 71.6 Å². The molecule has 0 saturated carbocycles. The largest absolute Gasteiger partial charge is 0.334 e. The second-order valence-electron chi connectivity index (χ2n) is 6.00. The zero-order valence-electron chi connectivity index (χ0n) is 14.2. The van der Waals surface area contributed by atoms with Crippen molar-refractivity contribution in [3.8, 4) is 0 Å². The van der Waals surface area contributed by atoms with E-state index in [0.717, 1.165) is 19.6 Å². The molecule has 1 aromatic heterocycles. The Labute approximate surface area is 131 Å². The Hall–Kier alpha value is -0.830. The fourth-order valence-corrected chi connectivity index (χ4v) is 2.72. The van der Waals surface area contributed by atoms with Gasteiger partial charge in [0.25, 0.3) is 0 Å². The van der Waals surface area contributed by atoms with Crippen molar-refractivity contribution in [2.75, 3.05) is 6.54 Å². The van der Waals surface area contributed by atoms with Crippen LogP contribution in [0.25, 0.3) is 0 Å². The monoisotopic (exact) mass is 293 g/mol. The van der Waals surface area contributed by atoms with Crippen LogP contribution in [0.5, 0.6) is 0 Å². The fourth-order valence-electron chi connectivity index (χ4n) is 2.72. The fraction of sp³-hybridized carbons (Fsp3) is 0.833. The van der Waals surface area contributed by atoms with Crippen LogP contribution >= 0.6 is 0 Å². The van der Waals surface area contributed by atoms with E-state index in [1.165, 1.54) is 70.0 Å². The molecule has 1 aromatic rings. The minimum atomic E-state index is 0.890. The molecule has 0 aliphatic carbocycles. The van der Waals surface area contributed by atoms with Crippen molar-refractivity contribution in [2.24, 2.45) is 0 Å². The highest BCUT2D eigenvalue weighted by atomic mass is 15.1. The maximum atomic E-state index is 4.42. The lowest BCUT2D eigenvalue weighted by Crippen LogP contribution is -2.16. The summed E-state index contributed by atoms with van der Waals surface area (Å²) in [4.78, 5) is 4.42. The van der Waals surface area contributed by atoms with Crippen molar-refractivity contribution in [1.29, 1.82) is 0 Å². The van der Waals surface area contributed by atoms with Crippen LogP contribution < -0.4 is 5.32 Å². The highest BCUT2D eigenvalue weighted by molar-refractivity contribution is 4.91. The van der Waals surface area contributed by atoms with E-state index in [1.807, 2.05) is 6.20 Å². The molecule has 0 aliphatic rings. The van der Waals surface area contributed by atoms with Gasteiger partial charge in [0.2, 0.25) is 0 Å². The first-order valence-corrected chi connectivity index (χ1v) is 9.09. The molecular formula is C18H35N3. The zero-order chi connectivity index (χ0) is 15.2. The van der Waals surface area contributed by atoms with E-state index in [9.17, 15) is 0 Å². The van der Waals surface area contributed by atoms with Crippen molar-refractivity contribution in [2.45, 2.75) is 91.1 Å². The molecule has 0 saturated heterocycles. The lowest BCUT2D eigenvalue weighted by atomic mass is 10.1. The van der Waals surface area contributed by atoms with Crippen LogP contribution in [0.2, 0.25) is 0 Å². The molecule has 0 amide bonds. The number of nitrogens with zero attached hydrogens (tertiary/aromatic N) is 2. The number of rotatable bonds is 14. The van der Waals surface area contributed by atoms with E-state index in [1.54, 1.807) is 0 Å². The summed E-state index contributed by atoms with van der Waals surface area (Å²) in [5.74, 6) is 1.17. The van der Waals surface area contributed by atoms with Crippen LogP contribution in [0, 0.1) is 0 Å². The average Bonchev–Trinajstić information content (AvgIpc) is 2.94. The average molecular weight is 293 g/mol. The molecule has 1 rings (SSSR count). The van der Waals surface area contributed by atoms with Crippen molar-refractivity contribution in [1.82, 2.24) is 14.9 Å². The first-order valence-electron chi connectivity index (χ1n) is 9.09. The summed E-state index contributed by atoms with van der Waals surface area (Å²) in [7, 11) is 0. The molecule has 0 fully saturated rings. The second kappa shape index (κ2) is 12.9. The van der Waals surface area contributed by atoms with Crippen LogP contribution in [0.3, 0.4) is 0 Å². The Bertz CT molecular complexity index is 333. The highest BCUT2D eigenvalue weighted by Gasteiger charge is 2.01. The molecule has 0 bridgehead atoms. The number of hydrogen-bond donors (Lipinski definition) is 1. The third kappa shape index (κ3) is 8.92. The molecule has 0 unspecified atom stereocenters. The van der Waals surface area contributed by atoms with E-state index in [4.69, 9.17) is 0 Å². The maximum absolute atomic E-state index is 4.42. The van der Waals surface area contributed by atoms with Crippen molar-refractivity contribution in [3.05, 3.63) is 18.2 Å². The molecule has 122 valence electrons. The van der Waals surface area contributed by atoms with Gasteiger partial charge < -0.3 is 9.88 Å². The van der Waals surface area contributed by atoms with Gasteiger partial charge in [-0.25, -0.2) is 4.98 Å². The topological polar surface area (TPSA) is 29.9 Å². The third-order valence-electron chi connectivity index (χ3n) is 4.09. The van der Waals surface area contributed by atoms with Gasteiger partial charge in [-0.05, 0) is 13.0 Å². The molecule has 3 heteroatoms. The summed E-state index contributed by atoms with van der Waals surface area (Å²) < 4.78 is 2.30. The van der Waals surface area contributed by atoms with Crippen LogP contribution in [0.1, 0.15) is 83.9 Å². The van der Waals surface area contributed by atoms with Gasteiger partial charge in [-0.2, -0.15) is 0 Å². The predicted molar refractivity (Wildman–Crippen MR) is 91.5 cm³/mol. The second-order valence-corrected chi connectivity index (χ2v) is 6.00. The quantitative estimate of drug-likeness (QED) is 0.494.